The molecule has 1 aromatic heterocycles. The summed E-state index contributed by atoms with van der Waals surface area (Å²) in [5, 5.41) is 4.91. The Hall–Kier alpha value is -1.71. The van der Waals surface area contributed by atoms with E-state index in [0.717, 1.165) is 16.6 Å². The van der Waals surface area contributed by atoms with E-state index in [1.54, 1.807) is 13.3 Å². The number of nitrogens with two attached hydrogens (primary N) is 1. The first kappa shape index (κ1) is 6.97. The van der Waals surface area contributed by atoms with Crippen molar-refractivity contribution in [2.24, 2.45) is 0 Å². The van der Waals surface area contributed by atoms with E-state index in [0.29, 0.717) is 0 Å². The highest BCUT2D eigenvalue weighted by atomic mass is 16.7. The number of hydrogen-bond acceptors (Lipinski definition) is 3. The van der Waals surface area contributed by atoms with Gasteiger partial charge >= 0.3 is 0 Å². The van der Waals surface area contributed by atoms with Gasteiger partial charge in [-0.1, -0.05) is 10.9 Å². The van der Waals surface area contributed by atoms with Crippen molar-refractivity contribution in [2.45, 2.75) is 0 Å². The molecule has 0 amide bonds. The van der Waals surface area contributed by atoms with Crippen molar-refractivity contribution in [1.29, 1.82) is 0 Å². The lowest BCUT2D eigenvalue weighted by atomic mass is 10.2. The summed E-state index contributed by atoms with van der Waals surface area (Å²) < 4.78 is 0. The molecule has 0 aliphatic heterocycles. The van der Waals surface area contributed by atoms with Gasteiger partial charge in [0.2, 0.25) is 0 Å². The molecule has 4 heteroatoms. The fraction of sp³-hybridized carbons (Fsp3) is 0.125. The number of nitrogens with zero attached hydrogens (tertiary/aromatic N) is 2. The van der Waals surface area contributed by atoms with Crippen LogP contribution in [0.2, 0.25) is 0 Å². The molecule has 1 aromatic carbocycles. The first-order valence-corrected chi connectivity index (χ1v) is 3.59. The molecule has 4 nitrogen and oxygen atoms in total. The third-order valence-corrected chi connectivity index (χ3v) is 1.79. The predicted octanol–water partition coefficient (Wildman–Crippen LogP) is 0.677. The van der Waals surface area contributed by atoms with Crippen LogP contribution in [0.1, 0.15) is 0 Å². The predicted molar refractivity (Wildman–Crippen MR) is 46.6 cm³/mol. The van der Waals surface area contributed by atoms with Crippen LogP contribution in [-0.2, 0) is 0 Å². The van der Waals surface area contributed by atoms with Crippen LogP contribution in [0.4, 0.5) is 5.69 Å². The highest BCUT2D eigenvalue weighted by Crippen LogP contribution is 2.18. The molecule has 0 saturated heterocycles. The number of fused-ring (bicyclic) bond motifs is 1. The van der Waals surface area contributed by atoms with E-state index in [1.165, 1.54) is 4.85 Å². The van der Waals surface area contributed by atoms with Crippen LogP contribution in [0.5, 0.6) is 0 Å². The van der Waals surface area contributed by atoms with Crippen LogP contribution in [0.25, 0.3) is 10.9 Å². The van der Waals surface area contributed by atoms with Gasteiger partial charge in [0.05, 0.1) is 6.20 Å². The van der Waals surface area contributed by atoms with Gasteiger partial charge in [0.15, 0.2) is 0 Å². The molecule has 0 saturated carbocycles. The minimum Gasteiger partial charge on any atom is -0.399 e. The standard InChI is InChI=1S/C8H9N3O/c1-12-11-8-4-2-3-7(9)6(8)5-10-11/h2-5H,9H2,1H3. The molecule has 2 N–H and O–H groups in total. The third kappa shape index (κ3) is 0.812. The second-order valence-electron chi connectivity index (χ2n) is 2.48. The normalized spacial score (nSPS) is 10.4. The molecule has 0 fully saturated rings. The summed E-state index contributed by atoms with van der Waals surface area (Å²) in [4.78, 5) is 6.41. The van der Waals surface area contributed by atoms with Gasteiger partial charge in [-0.3, -0.25) is 0 Å². The van der Waals surface area contributed by atoms with Crippen molar-refractivity contribution >= 4 is 16.6 Å². The molecular formula is C8H9N3O. The quantitative estimate of drug-likeness (QED) is 0.629. The number of anilines is 1. The Kier molecular flexibility index (Phi) is 1.40. The number of nitrogen functional groups attached to an aromatic ring is 1. The Labute approximate surface area is 69.5 Å². The van der Waals surface area contributed by atoms with Crippen LogP contribution >= 0.6 is 0 Å². The maximum absolute atomic E-state index is 5.72. The van der Waals surface area contributed by atoms with Crippen molar-refractivity contribution in [2.75, 3.05) is 12.8 Å². The lowest BCUT2D eigenvalue weighted by Gasteiger charge is -1.99. The van der Waals surface area contributed by atoms with E-state index in [9.17, 15) is 0 Å². The molecule has 0 atom stereocenters. The molecule has 1 heterocycles. The van der Waals surface area contributed by atoms with Gasteiger partial charge in [-0.2, -0.15) is 0 Å². The van der Waals surface area contributed by atoms with Gasteiger partial charge in [0.1, 0.15) is 12.6 Å². The second-order valence-corrected chi connectivity index (χ2v) is 2.48. The Morgan fingerprint density at radius 3 is 3.08 bits per heavy atom. The molecule has 0 spiro atoms. The summed E-state index contributed by atoms with van der Waals surface area (Å²) in [7, 11) is 1.57. The number of aromatic nitrogens is 2. The average molecular weight is 163 g/mol. The highest BCUT2D eigenvalue weighted by Gasteiger charge is 2.03. The lowest BCUT2D eigenvalue weighted by molar-refractivity contribution is 0.145. The fourth-order valence-electron chi connectivity index (χ4n) is 1.20. The lowest BCUT2D eigenvalue weighted by Crippen LogP contribution is -2.06. The SMILES string of the molecule is COn1ncc2c(N)cccc21. The first-order chi connectivity index (χ1) is 5.83. The second kappa shape index (κ2) is 2.41. The smallest absolute Gasteiger partial charge is 0.112 e. The zero-order valence-corrected chi connectivity index (χ0v) is 6.69. The van der Waals surface area contributed by atoms with Crippen molar-refractivity contribution in [1.82, 2.24) is 9.94 Å². The first-order valence-electron chi connectivity index (χ1n) is 3.59. The zero-order chi connectivity index (χ0) is 8.55. The number of benzene rings is 1. The molecule has 0 aliphatic carbocycles. The molecule has 0 unspecified atom stereocenters. The van der Waals surface area contributed by atoms with Gasteiger partial charge in [-0.15, -0.1) is 5.10 Å². The summed E-state index contributed by atoms with van der Waals surface area (Å²) in [5.41, 5.74) is 7.32. The number of hydrogen-bond donors (Lipinski definition) is 1. The van der Waals surface area contributed by atoms with E-state index in [1.807, 2.05) is 18.2 Å². The van der Waals surface area contributed by atoms with Gasteiger partial charge in [0, 0.05) is 11.1 Å². The van der Waals surface area contributed by atoms with Gasteiger partial charge < -0.3 is 10.6 Å². The van der Waals surface area contributed by atoms with Crippen molar-refractivity contribution < 1.29 is 4.84 Å². The van der Waals surface area contributed by atoms with Crippen LogP contribution < -0.4 is 10.6 Å². The van der Waals surface area contributed by atoms with Gasteiger partial charge in [0.25, 0.3) is 0 Å². The Balaban J connectivity index is 2.80. The third-order valence-electron chi connectivity index (χ3n) is 1.79. The number of rotatable bonds is 1. The molecule has 2 rings (SSSR count). The maximum atomic E-state index is 5.72. The van der Waals surface area contributed by atoms with E-state index in [2.05, 4.69) is 5.10 Å². The van der Waals surface area contributed by atoms with E-state index in [4.69, 9.17) is 10.6 Å². The van der Waals surface area contributed by atoms with Gasteiger partial charge in [-0.25, -0.2) is 0 Å². The summed E-state index contributed by atoms with van der Waals surface area (Å²) in [6.45, 7) is 0. The van der Waals surface area contributed by atoms with Crippen LogP contribution in [0, 0.1) is 0 Å². The maximum Gasteiger partial charge on any atom is 0.112 e. The molecule has 2 aromatic rings. The molecule has 0 radical (unpaired) electrons. The molecule has 12 heavy (non-hydrogen) atoms. The van der Waals surface area contributed by atoms with E-state index < -0.39 is 0 Å². The Morgan fingerprint density at radius 1 is 1.50 bits per heavy atom. The van der Waals surface area contributed by atoms with Crippen LogP contribution in [0.15, 0.2) is 24.4 Å². The van der Waals surface area contributed by atoms with Crippen molar-refractivity contribution in [3.8, 4) is 0 Å². The minimum atomic E-state index is 0.718. The summed E-state index contributed by atoms with van der Waals surface area (Å²) in [6.07, 6.45) is 1.69. The molecule has 62 valence electrons. The highest BCUT2D eigenvalue weighted by molar-refractivity contribution is 5.89. The minimum absolute atomic E-state index is 0.718. The monoisotopic (exact) mass is 163 g/mol. The van der Waals surface area contributed by atoms with Gasteiger partial charge in [-0.05, 0) is 12.1 Å². The van der Waals surface area contributed by atoms with Crippen molar-refractivity contribution in [3.05, 3.63) is 24.4 Å². The molecule has 0 bridgehead atoms. The average Bonchev–Trinajstić information content (AvgIpc) is 2.49. The van der Waals surface area contributed by atoms with Crippen molar-refractivity contribution in [3.63, 3.8) is 0 Å². The Bertz CT molecular complexity index is 408. The molecular weight excluding hydrogens is 154 g/mol. The molecule has 0 aliphatic rings. The largest absolute Gasteiger partial charge is 0.399 e. The fourth-order valence-corrected chi connectivity index (χ4v) is 1.20. The van der Waals surface area contributed by atoms with E-state index in [-0.39, 0.29) is 0 Å². The summed E-state index contributed by atoms with van der Waals surface area (Å²) in [6, 6.07) is 5.61. The zero-order valence-electron chi connectivity index (χ0n) is 6.69. The Morgan fingerprint density at radius 2 is 2.33 bits per heavy atom. The van der Waals surface area contributed by atoms with Crippen LogP contribution in [0.3, 0.4) is 0 Å². The van der Waals surface area contributed by atoms with Crippen LogP contribution in [-0.4, -0.2) is 17.1 Å². The van der Waals surface area contributed by atoms with E-state index >= 15 is 0 Å². The summed E-state index contributed by atoms with van der Waals surface area (Å²) >= 11 is 0. The summed E-state index contributed by atoms with van der Waals surface area (Å²) in [5.74, 6) is 0. The topological polar surface area (TPSA) is 53.1 Å².